The van der Waals surface area contributed by atoms with Crippen LogP contribution in [0.15, 0.2) is 24.3 Å². The largest absolute Gasteiger partial charge is 0.358 e. The molecule has 25 heavy (non-hydrogen) atoms. The highest BCUT2D eigenvalue weighted by molar-refractivity contribution is 7.99. The van der Waals surface area contributed by atoms with Crippen molar-refractivity contribution in [3.63, 3.8) is 0 Å². The molecule has 0 saturated carbocycles. The Labute approximate surface area is 152 Å². The predicted octanol–water partition coefficient (Wildman–Crippen LogP) is 2.55. The molecule has 1 N–H and O–H groups in total. The molecule has 1 aromatic carbocycles. The number of aromatic nitrogens is 1. The van der Waals surface area contributed by atoms with Gasteiger partial charge in [0.25, 0.3) is 11.7 Å². The number of aromatic amines is 1. The highest BCUT2D eigenvalue weighted by atomic mass is 32.2. The molecule has 1 amide bonds. The first-order valence-corrected chi connectivity index (χ1v) is 9.79. The first-order valence-electron chi connectivity index (χ1n) is 8.64. The molecule has 1 saturated heterocycles. The monoisotopic (exact) mass is 359 g/mol. The van der Waals surface area contributed by atoms with Crippen LogP contribution in [-0.2, 0) is 4.79 Å². The van der Waals surface area contributed by atoms with Crippen molar-refractivity contribution in [3.05, 3.63) is 35.5 Å². The third-order valence-electron chi connectivity index (χ3n) is 4.59. The fourth-order valence-electron chi connectivity index (χ4n) is 3.48. The molecule has 1 aliphatic rings. The van der Waals surface area contributed by atoms with Crippen LogP contribution < -0.4 is 0 Å². The summed E-state index contributed by atoms with van der Waals surface area (Å²) >= 11 is 1.86. The maximum absolute atomic E-state index is 13.1. The molecule has 1 aromatic heterocycles. The molecule has 0 radical (unpaired) electrons. The molecule has 1 aliphatic heterocycles. The number of nitrogens with zero attached hydrogens (tertiary/aromatic N) is 2. The third kappa shape index (κ3) is 3.75. The van der Waals surface area contributed by atoms with Crippen molar-refractivity contribution in [2.75, 3.05) is 38.7 Å². The zero-order valence-electron chi connectivity index (χ0n) is 15.0. The number of fused-ring (bicyclic) bond motifs is 1. The lowest BCUT2D eigenvalue weighted by atomic mass is 10.0. The van der Waals surface area contributed by atoms with E-state index < -0.39 is 5.78 Å². The summed E-state index contributed by atoms with van der Waals surface area (Å²) in [5.41, 5.74) is 2.17. The Bertz CT molecular complexity index is 784. The smallest absolute Gasteiger partial charge is 0.295 e. The Kier molecular flexibility index (Phi) is 5.49. The maximum Gasteiger partial charge on any atom is 0.295 e. The van der Waals surface area contributed by atoms with Crippen molar-refractivity contribution in [2.24, 2.45) is 0 Å². The van der Waals surface area contributed by atoms with Crippen LogP contribution in [0.1, 0.15) is 22.5 Å². The Morgan fingerprint density at radius 1 is 1.32 bits per heavy atom. The second-order valence-electron chi connectivity index (χ2n) is 6.84. The third-order valence-corrected chi connectivity index (χ3v) is 5.79. The molecule has 1 fully saturated rings. The van der Waals surface area contributed by atoms with Gasteiger partial charge in [0.05, 0.1) is 11.6 Å². The van der Waals surface area contributed by atoms with E-state index in [0.29, 0.717) is 12.1 Å². The minimum atomic E-state index is -0.398. The van der Waals surface area contributed by atoms with Crippen molar-refractivity contribution in [2.45, 2.75) is 19.4 Å². The molecule has 0 spiro atoms. The van der Waals surface area contributed by atoms with Crippen molar-refractivity contribution in [1.82, 2.24) is 14.8 Å². The molecule has 5 nitrogen and oxygen atoms in total. The molecular weight excluding hydrogens is 334 g/mol. The fourth-order valence-corrected chi connectivity index (χ4v) is 4.53. The van der Waals surface area contributed by atoms with E-state index in [9.17, 15) is 9.59 Å². The number of likely N-dealkylation sites (N-methyl/N-ethyl adjacent to an activating group) is 1. The lowest BCUT2D eigenvalue weighted by Crippen LogP contribution is -2.49. The quantitative estimate of drug-likeness (QED) is 0.673. The van der Waals surface area contributed by atoms with Crippen LogP contribution >= 0.6 is 11.8 Å². The molecule has 1 unspecified atom stereocenters. The summed E-state index contributed by atoms with van der Waals surface area (Å²) in [6.45, 7) is 3.28. The van der Waals surface area contributed by atoms with Gasteiger partial charge in [0, 0.05) is 35.4 Å². The second-order valence-corrected chi connectivity index (χ2v) is 7.99. The zero-order chi connectivity index (χ0) is 18.0. The Hall–Kier alpha value is -1.79. The number of aryl methyl sites for hydroxylation is 1. The molecule has 1 atom stereocenters. The number of thioether (sulfide) groups is 1. The molecule has 2 heterocycles. The first-order chi connectivity index (χ1) is 12.0. The van der Waals surface area contributed by atoms with Crippen molar-refractivity contribution >= 4 is 34.4 Å². The lowest BCUT2D eigenvalue weighted by molar-refractivity contribution is -0.128. The minimum Gasteiger partial charge on any atom is -0.358 e. The van der Waals surface area contributed by atoms with E-state index in [4.69, 9.17) is 0 Å². The predicted molar refractivity (Wildman–Crippen MR) is 103 cm³/mol. The minimum absolute atomic E-state index is 0.0736. The van der Waals surface area contributed by atoms with Gasteiger partial charge >= 0.3 is 0 Å². The van der Waals surface area contributed by atoms with Gasteiger partial charge in [-0.15, -0.1) is 0 Å². The van der Waals surface area contributed by atoms with Gasteiger partial charge in [-0.25, -0.2) is 0 Å². The van der Waals surface area contributed by atoms with Gasteiger partial charge < -0.3 is 14.8 Å². The van der Waals surface area contributed by atoms with Crippen LogP contribution in [0.2, 0.25) is 0 Å². The highest BCUT2D eigenvalue weighted by Gasteiger charge is 2.32. The summed E-state index contributed by atoms with van der Waals surface area (Å²) in [6.07, 6.45) is 0.931. The standard InChI is InChI=1S/C19H25N3O2S/c1-13-17(15-7-4-5-8-16(15)20-13)18(23)19(24)22-9-6-10-25-12-14(22)11-21(2)3/h4-5,7-8,14,20H,6,9-12H2,1-3H3. The van der Waals surface area contributed by atoms with E-state index in [1.54, 1.807) is 4.90 Å². The van der Waals surface area contributed by atoms with Gasteiger partial charge in [-0.1, -0.05) is 18.2 Å². The number of carbonyl (C=O) groups is 2. The normalized spacial score (nSPS) is 18.6. The molecule has 2 aromatic rings. The maximum atomic E-state index is 13.1. The number of Topliss-reactive ketones (excluding diaryl/α,β-unsaturated/α-hetero) is 1. The van der Waals surface area contributed by atoms with Crippen LogP contribution in [0.4, 0.5) is 0 Å². The number of hydrogen-bond donors (Lipinski definition) is 1. The number of benzene rings is 1. The molecule has 6 heteroatoms. The summed E-state index contributed by atoms with van der Waals surface area (Å²) in [5.74, 6) is 1.14. The second kappa shape index (κ2) is 7.62. The average Bonchev–Trinajstić information content (AvgIpc) is 2.74. The van der Waals surface area contributed by atoms with Crippen LogP contribution in [0.5, 0.6) is 0 Å². The number of para-hydroxylation sites is 1. The molecular formula is C19H25N3O2S. The first kappa shape index (κ1) is 18.0. The number of carbonyl (C=O) groups excluding carboxylic acids is 2. The average molecular weight is 359 g/mol. The van der Waals surface area contributed by atoms with Gasteiger partial charge in [-0.2, -0.15) is 11.8 Å². The van der Waals surface area contributed by atoms with Crippen molar-refractivity contribution < 1.29 is 9.59 Å². The van der Waals surface area contributed by atoms with Crippen LogP contribution in [0.25, 0.3) is 10.9 Å². The Morgan fingerprint density at radius 3 is 2.84 bits per heavy atom. The van der Waals surface area contributed by atoms with E-state index in [2.05, 4.69) is 9.88 Å². The molecule has 0 aliphatic carbocycles. The topological polar surface area (TPSA) is 56.4 Å². The number of hydrogen-bond acceptors (Lipinski definition) is 4. The van der Waals surface area contributed by atoms with Crippen LogP contribution in [-0.4, -0.2) is 71.2 Å². The van der Waals surface area contributed by atoms with Crippen LogP contribution in [0.3, 0.4) is 0 Å². The van der Waals surface area contributed by atoms with E-state index in [1.165, 1.54) is 0 Å². The fraction of sp³-hybridized carbons (Fsp3) is 0.474. The summed E-state index contributed by atoms with van der Waals surface area (Å²) < 4.78 is 0. The van der Waals surface area contributed by atoms with E-state index >= 15 is 0 Å². The number of amides is 1. The zero-order valence-corrected chi connectivity index (χ0v) is 15.9. The summed E-state index contributed by atoms with van der Waals surface area (Å²) in [5, 5.41) is 0.826. The number of H-pyrrole nitrogens is 1. The Balaban J connectivity index is 1.91. The summed E-state index contributed by atoms with van der Waals surface area (Å²) in [4.78, 5) is 33.2. The van der Waals surface area contributed by atoms with E-state index in [0.717, 1.165) is 41.1 Å². The molecule has 134 valence electrons. The van der Waals surface area contributed by atoms with E-state index in [1.807, 2.05) is 57.0 Å². The lowest BCUT2D eigenvalue weighted by Gasteiger charge is -2.31. The van der Waals surface area contributed by atoms with Gasteiger partial charge in [-0.05, 0) is 39.3 Å². The SMILES string of the molecule is Cc1[nH]c2ccccc2c1C(=O)C(=O)N1CCCSCC1CN(C)C. The van der Waals surface area contributed by atoms with Crippen molar-refractivity contribution in [3.8, 4) is 0 Å². The Morgan fingerprint density at radius 2 is 2.08 bits per heavy atom. The van der Waals surface area contributed by atoms with Crippen molar-refractivity contribution in [1.29, 1.82) is 0 Å². The molecule has 0 bridgehead atoms. The van der Waals surface area contributed by atoms with E-state index in [-0.39, 0.29) is 11.9 Å². The summed E-state index contributed by atoms with van der Waals surface area (Å²) in [6, 6.07) is 7.72. The number of nitrogens with one attached hydrogen (secondary N) is 1. The van der Waals surface area contributed by atoms with Gasteiger partial charge in [0.1, 0.15) is 0 Å². The molecule has 3 rings (SSSR count). The highest BCUT2D eigenvalue weighted by Crippen LogP contribution is 2.24. The number of ketones is 1. The van der Waals surface area contributed by atoms with Gasteiger partial charge in [-0.3, -0.25) is 9.59 Å². The van der Waals surface area contributed by atoms with Gasteiger partial charge in [0.15, 0.2) is 0 Å². The van der Waals surface area contributed by atoms with Crippen LogP contribution in [0, 0.1) is 6.92 Å². The summed E-state index contributed by atoms with van der Waals surface area (Å²) in [7, 11) is 4.01. The van der Waals surface area contributed by atoms with Gasteiger partial charge in [0.2, 0.25) is 0 Å². The number of rotatable bonds is 4.